The Kier molecular flexibility index (Phi) is 4.34. The van der Waals surface area contributed by atoms with Gasteiger partial charge in [0, 0.05) is 44.7 Å². The SMILES string of the molecule is O=C(C1CC1)N1CCC2C(C1)NC(=O)N2C1CCN(CC2CCC2)CC1. The molecule has 2 aliphatic carbocycles. The lowest BCUT2D eigenvalue weighted by molar-refractivity contribution is -0.134. The van der Waals surface area contributed by atoms with Crippen molar-refractivity contribution in [3.63, 3.8) is 0 Å². The number of carbonyl (C=O) groups excluding carboxylic acids is 2. The predicted octanol–water partition coefficient (Wildman–Crippen LogP) is 1.66. The number of amides is 3. The number of fused-ring (bicyclic) bond motifs is 1. The standard InChI is InChI=1S/C20H32N4O2/c25-19(15-4-5-15)23-11-8-18-17(13-23)21-20(26)24(18)16-6-9-22(10-7-16)12-14-2-1-3-14/h14-18H,1-13H2,(H,21,26). The fourth-order valence-electron chi connectivity index (χ4n) is 5.44. The monoisotopic (exact) mass is 360 g/mol. The van der Waals surface area contributed by atoms with Gasteiger partial charge in [-0.1, -0.05) is 6.42 Å². The summed E-state index contributed by atoms with van der Waals surface area (Å²) in [7, 11) is 0. The number of nitrogens with one attached hydrogen (secondary N) is 1. The number of urea groups is 1. The predicted molar refractivity (Wildman–Crippen MR) is 98.7 cm³/mol. The van der Waals surface area contributed by atoms with E-state index >= 15 is 0 Å². The average molecular weight is 361 g/mol. The Morgan fingerprint density at radius 2 is 1.77 bits per heavy atom. The van der Waals surface area contributed by atoms with Gasteiger partial charge in [0.25, 0.3) is 0 Å². The van der Waals surface area contributed by atoms with E-state index in [1.165, 1.54) is 25.8 Å². The molecule has 5 fully saturated rings. The number of hydrogen-bond acceptors (Lipinski definition) is 3. The first-order chi connectivity index (χ1) is 12.7. The van der Waals surface area contributed by atoms with Crippen LogP contribution in [-0.2, 0) is 4.79 Å². The molecule has 2 atom stereocenters. The maximum Gasteiger partial charge on any atom is 0.318 e. The zero-order valence-corrected chi connectivity index (χ0v) is 15.7. The van der Waals surface area contributed by atoms with Crippen LogP contribution in [0, 0.1) is 11.8 Å². The summed E-state index contributed by atoms with van der Waals surface area (Å²) in [6.45, 7) is 5.07. The van der Waals surface area contributed by atoms with Gasteiger partial charge in [-0.05, 0) is 50.9 Å². The van der Waals surface area contributed by atoms with Crippen molar-refractivity contribution >= 4 is 11.9 Å². The molecule has 0 radical (unpaired) electrons. The average Bonchev–Trinajstić information content (AvgIpc) is 3.40. The van der Waals surface area contributed by atoms with Gasteiger partial charge in [-0.3, -0.25) is 4.79 Å². The third-order valence-electron chi connectivity index (χ3n) is 7.41. The summed E-state index contributed by atoms with van der Waals surface area (Å²) in [6.07, 6.45) is 9.50. The van der Waals surface area contributed by atoms with E-state index in [2.05, 4.69) is 15.1 Å². The van der Waals surface area contributed by atoms with E-state index in [1.807, 2.05) is 4.90 Å². The van der Waals surface area contributed by atoms with Crippen LogP contribution in [0.15, 0.2) is 0 Å². The fraction of sp³-hybridized carbons (Fsp3) is 0.900. The number of carbonyl (C=O) groups is 2. The molecule has 3 heterocycles. The lowest BCUT2D eigenvalue weighted by Crippen LogP contribution is -2.55. The molecule has 3 aliphatic heterocycles. The number of nitrogens with zero attached hydrogens (tertiary/aromatic N) is 3. The summed E-state index contributed by atoms with van der Waals surface area (Å²) in [6, 6.07) is 0.910. The van der Waals surface area contributed by atoms with Gasteiger partial charge >= 0.3 is 6.03 Å². The van der Waals surface area contributed by atoms with Crippen LogP contribution in [0.1, 0.15) is 51.4 Å². The Bertz CT molecular complexity index is 566. The molecule has 1 N–H and O–H groups in total. The molecule has 3 saturated heterocycles. The minimum atomic E-state index is 0.109. The second-order valence-corrected chi connectivity index (χ2v) is 9.21. The maximum atomic E-state index is 12.7. The highest BCUT2D eigenvalue weighted by molar-refractivity contribution is 5.82. The van der Waals surface area contributed by atoms with Crippen LogP contribution in [0.5, 0.6) is 0 Å². The highest BCUT2D eigenvalue weighted by atomic mass is 16.2. The van der Waals surface area contributed by atoms with Crippen molar-refractivity contribution in [1.29, 1.82) is 0 Å². The van der Waals surface area contributed by atoms with Crippen LogP contribution >= 0.6 is 0 Å². The molecule has 6 nitrogen and oxygen atoms in total. The van der Waals surface area contributed by atoms with Crippen molar-refractivity contribution in [3.05, 3.63) is 0 Å². The molecule has 0 aromatic rings. The van der Waals surface area contributed by atoms with Crippen LogP contribution in [0.25, 0.3) is 0 Å². The third-order valence-corrected chi connectivity index (χ3v) is 7.41. The topological polar surface area (TPSA) is 55.9 Å². The van der Waals surface area contributed by atoms with E-state index in [0.717, 1.165) is 57.7 Å². The van der Waals surface area contributed by atoms with Crippen LogP contribution in [0.3, 0.4) is 0 Å². The van der Waals surface area contributed by atoms with Crippen LogP contribution in [-0.4, -0.2) is 77.5 Å². The van der Waals surface area contributed by atoms with Gasteiger partial charge in [0.1, 0.15) is 0 Å². The minimum absolute atomic E-state index is 0.109. The van der Waals surface area contributed by atoms with Gasteiger partial charge in [-0.15, -0.1) is 0 Å². The van der Waals surface area contributed by atoms with Crippen LogP contribution in [0.2, 0.25) is 0 Å². The highest BCUT2D eigenvalue weighted by Gasteiger charge is 2.47. The van der Waals surface area contributed by atoms with E-state index in [9.17, 15) is 9.59 Å². The summed E-state index contributed by atoms with van der Waals surface area (Å²) in [4.78, 5) is 31.8. The first-order valence-electron chi connectivity index (χ1n) is 10.8. The summed E-state index contributed by atoms with van der Waals surface area (Å²) >= 11 is 0. The smallest absolute Gasteiger partial charge is 0.318 e. The molecule has 0 aromatic heterocycles. The van der Waals surface area contributed by atoms with Gasteiger partial charge in [0.05, 0.1) is 12.1 Å². The summed E-state index contributed by atoms with van der Waals surface area (Å²) in [5.74, 6) is 1.53. The molecule has 5 aliphatic rings. The van der Waals surface area contributed by atoms with Gasteiger partial charge in [-0.25, -0.2) is 4.79 Å². The minimum Gasteiger partial charge on any atom is -0.340 e. The van der Waals surface area contributed by atoms with E-state index in [1.54, 1.807) is 0 Å². The molecule has 0 aromatic carbocycles. The molecule has 6 heteroatoms. The quantitative estimate of drug-likeness (QED) is 0.829. The second kappa shape index (κ2) is 6.70. The first-order valence-corrected chi connectivity index (χ1v) is 10.8. The molecule has 144 valence electrons. The molecule has 2 unspecified atom stereocenters. The second-order valence-electron chi connectivity index (χ2n) is 9.21. The van der Waals surface area contributed by atoms with Crippen molar-refractivity contribution in [1.82, 2.24) is 20.0 Å². The van der Waals surface area contributed by atoms with E-state index in [4.69, 9.17) is 0 Å². The Labute approximate surface area is 156 Å². The van der Waals surface area contributed by atoms with E-state index in [-0.39, 0.29) is 24.0 Å². The normalized spacial score (nSPS) is 33.8. The molecule has 2 saturated carbocycles. The Hall–Kier alpha value is -1.30. The lowest BCUT2D eigenvalue weighted by atomic mass is 9.84. The fourth-order valence-corrected chi connectivity index (χ4v) is 5.44. The van der Waals surface area contributed by atoms with E-state index in [0.29, 0.717) is 18.5 Å². The Morgan fingerprint density at radius 1 is 1.00 bits per heavy atom. The Morgan fingerprint density at radius 3 is 2.42 bits per heavy atom. The zero-order chi connectivity index (χ0) is 17.7. The Balaban J connectivity index is 1.17. The van der Waals surface area contributed by atoms with Gasteiger partial charge in [0.15, 0.2) is 0 Å². The number of likely N-dealkylation sites (tertiary alicyclic amines) is 2. The maximum absolute atomic E-state index is 12.7. The van der Waals surface area contributed by atoms with Crippen molar-refractivity contribution in [2.45, 2.75) is 69.5 Å². The van der Waals surface area contributed by atoms with Gasteiger partial charge in [-0.2, -0.15) is 0 Å². The zero-order valence-electron chi connectivity index (χ0n) is 15.7. The van der Waals surface area contributed by atoms with Crippen LogP contribution < -0.4 is 5.32 Å². The molecular weight excluding hydrogens is 328 g/mol. The molecule has 5 rings (SSSR count). The van der Waals surface area contributed by atoms with Crippen LogP contribution in [0.4, 0.5) is 4.79 Å². The number of rotatable bonds is 4. The van der Waals surface area contributed by atoms with E-state index < -0.39 is 0 Å². The summed E-state index contributed by atoms with van der Waals surface area (Å²) in [5.41, 5.74) is 0. The first kappa shape index (κ1) is 16.8. The largest absolute Gasteiger partial charge is 0.340 e. The molecule has 0 spiro atoms. The van der Waals surface area contributed by atoms with Crippen molar-refractivity contribution in [2.75, 3.05) is 32.7 Å². The molecule has 26 heavy (non-hydrogen) atoms. The van der Waals surface area contributed by atoms with Crippen molar-refractivity contribution in [3.8, 4) is 0 Å². The summed E-state index contributed by atoms with van der Waals surface area (Å²) < 4.78 is 0. The number of hydrogen-bond donors (Lipinski definition) is 1. The van der Waals surface area contributed by atoms with Crippen molar-refractivity contribution in [2.24, 2.45) is 11.8 Å². The molecule has 0 bridgehead atoms. The highest BCUT2D eigenvalue weighted by Crippen LogP contribution is 2.34. The lowest BCUT2D eigenvalue weighted by Gasteiger charge is -2.43. The van der Waals surface area contributed by atoms with Gasteiger partial charge < -0.3 is 20.0 Å². The number of piperidine rings is 2. The molecule has 3 amide bonds. The summed E-state index contributed by atoms with van der Waals surface area (Å²) in [5, 5.41) is 3.19. The van der Waals surface area contributed by atoms with Crippen molar-refractivity contribution < 1.29 is 9.59 Å². The van der Waals surface area contributed by atoms with Gasteiger partial charge in [0.2, 0.25) is 5.91 Å². The molecular formula is C20H32N4O2. The third kappa shape index (κ3) is 3.10.